The number of unbranched alkanes of at least 4 members (excludes halogenated alkanes) is 9. The van der Waals surface area contributed by atoms with E-state index in [0.29, 0.717) is 0 Å². The van der Waals surface area contributed by atoms with Gasteiger partial charge in [-0.3, -0.25) is 0 Å². The van der Waals surface area contributed by atoms with Crippen molar-refractivity contribution in [3.8, 4) is 5.69 Å². The summed E-state index contributed by atoms with van der Waals surface area (Å²) in [5, 5.41) is 0. The number of nitrogens with zero attached hydrogens (tertiary/aromatic N) is 2. The summed E-state index contributed by atoms with van der Waals surface area (Å²) in [4.78, 5) is 0. The molecule has 2 aromatic rings. The first-order chi connectivity index (χ1) is 12.4. The first-order valence-electron chi connectivity index (χ1n) is 10.5. The van der Waals surface area contributed by atoms with Crippen LogP contribution >= 0.6 is 0 Å². The molecule has 0 amide bonds. The first-order valence-corrected chi connectivity index (χ1v) is 10.5. The highest BCUT2D eigenvalue weighted by Crippen LogP contribution is 2.14. The molecule has 0 saturated carbocycles. The molecule has 0 aliphatic rings. The Balaban J connectivity index is 1.71. The predicted octanol–water partition coefficient (Wildman–Crippen LogP) is 6.25. The van der Waals surface area contributed by atoms with Crippen LogP contribution in [0.5, 0.6) is 0 Å². The van der Waals surface area contributed by atoms with Crippen molar-refractivity contribution < 1.29 is 4.57 Å². The van der Waals surface area contributed by atoms with Crippen LogP contribution in [0.1, 0.15) is 83.9 Å². The van der Waals surface area contributed by atoms with Crippen LogP contribution in [0.25, 0.3) is 5.69 Å². The Morgan fingerprint density at radius 3 is 1.96 bits per heavy atom. The summed E-state index contributed by atoms with van der Waals surface area (Å²) >= 11 is 0. The van der Waals surface area contributed by atoms with Crippen LogP contribution < -0.4 is 4.57 Å². The van der Waals surface area contributed by atoms with E-state index in [4.69, 9.17) is 0 Å². The van der Waals surface area contributed by atoms with Crippen molar-refractivity contribution in [1.82, 2.24) is 4.57 Å². The van der Waals surface area contributed by atoms with E-state index < -0.39 is 0 Å². The van der Waals surface area contributed by atoms with E-state index in [1.807, 2.05) is 0 Å². The molecule has 0 fully saturated rings. The molecule has 1 heterocycles. The normalized spacial score (nSPS) is 11.1. The van der Waals surface area contributed by atoms with Crippen molar-refractivity contribution in [2.75, 3.05) is 0 Å². The minimum absolute atomic E-state index is 1.05. The number of imidazole rings is 1. The highest BCUT2D eigenvalue weighted by atomic mass is 15.1. The third-order valence-electron chi connectivity index (χ3n) is 5.13. The van der Waals surface area contributed by atoms with Crippen LogP contribution in [0.2, 0.25) is 0 Å². The van der Waals surface area contributed by atoms with Crippen LogP contribution in [0.4, 0.5) is 0 Å². The number of benzene rings is 1. The van der Waals surface area contributed by atoms with Gasteiger partial charge in [-0.05, 0) is 25.5 Å². The topological polar surface area (TPSA) is 8.81 Å². The van der Waals surface area contributed by atoms with Crippen molar-refractivity contribution in [1.29, 1.82) is 0 Å². The molecule has 0 N–H and O–H groups in total. The molecular formula is C23H37N2+. The fourth-order valence-corrected chi connectivity index (χ4v) is 3.60. The molecule has 2 rings (SSSR count). The molecule has 25 heavy (non-hydrogen) atoms. The molecule has 0 aliphatic heterocycles. The second kappa shape index (κ2) is 11.9. The summed E-state index contributed by atoms with van der Waals surface area (Å²) in [6.07, 6.45) is 19.6. The summed E-state index contributed by atoms with van der Waals surface area (Å²) in [6.45, 7) is 5.57. The number of hydrogen-bond donors (Lipinski definition) is 0. The second-order valence-electron chi connectivity index (χ2n) is 7.14. The summed E-state index contributed by atoms with van der Waals surface area (Å²) in [5.74, 6) is 1.44. The zero-order valence-corrected chi connectivity index (χ0v) is 16.4. The molecule has 0 bridgehead atoms. The zero-order chi connectivity index (χ0) is 17.7. The van der Waals surface area contributed by atoms with Gasteiger partial charge in [0.25, 0.3) is 5.82 Å². The van der Waals surface area contributed by atoms with Crippen LogP contribution in [-0.4, -0.2) is 4.57 Å². The number of rotatable bonds is 13. The van der Waals surface area contributed by atoms with Gasteiger partial charge in [-0.15, -0.1) is 0 Å². The fourth-order valence-electron chi connectivity index (χ4n) is 3.60. The molecule has 0 spiro atoms. The van der Waals surface area contributed by atoms with Gasteiger partial charge < -0.3 is 0 Å². The van der Waals surface area contributed by atoms with E-state index in [2.05, 4.69) is 65.7 Å². The Morgan fingerprint density at radius 1 is 0.760 bits per heavy atom. The Bertz CT molecular complexity index is 571. The molecule has 2 heteroatoms. The van der Waals surface area contributed by atoms with Crippen molar-refractivity contribution in [2.45, 2.75) is 91.0 Å². The van der Waals surface area contributed by atoms with E-state index in [9.17, 15) is 0 Å². The second-order valence-corrected chi connectivity index (χ2v) is 7.14. The fraction of sp³-hybridized carbons (Fsp3) is 0.609. The Kier molecular flexibility index (Phi) is 9.40. The van der Waals surface area contributed by atoms with Gasteiger partial charge in [0.2, 0.25) is 0 Å². The SMILES string of the molecule is CCCCCCCCCCCCc1n(-c2ccccc2)cc[n+]1CC. The van der Waals surface area contributed by atoms with Crippen LogP contribution in [0.15, 0.2) is 42.7 Å². The lowest BCUT2D eigenvalue weighted by atomic mass is 10.1. The highest BCUT2D eigenvalue weighted by Gasteiger charge is 2.16. The van der Waals surface area contributed by atoms with Gasteiger partial charge in [0.15, 0.2) is 0 Å². The Labute approximate surface area is 154 Å². The van der Waals surface area contributed by atoms with E-state index >= 15 is 0 Å². The average Bonchev–Trinajstić information content (AvgIpc) is 3.07. The van der Waals surface area contributed by atoms with Gasteiger partial charge in [0.1, 0.15) is 18.1 Å². The van der Waals surface area contributed by atoms with Gasteiger partial charge >= 0.3 is 0 Å². The van der Waals surface area contributed by atoms with Gasteiger partial charge in [0.05, 0.1) is 6.54 Å². The summed E-state index contributed by atoms with van der Waals surface area (Å²) < 4.78 is 4.75. The number of hydrogen-bond acceptors (Lipinski definition) is 0. The minimum atomic E-state index is 1.05. The van der Waals surface area contributed by atoms with E-state index in [0.717, 1.165) is 6.54 Å². The van der Waals surface area contributed by atoms with E-state index in [-0.39, 0.29) is 0 Å². The predicted molar refractivity (Wildman–Crippen MR) is 107 cm³/mol. The van der Waals surface area contributed by atoms with Crippen LogP contribution in [0, 0.1) is 0 Å². The Hall–Kier alpha value is -1.57. The molecule has 0 unspecified atom stereocenters. The lowest BCUT2D eigenvalue weighted by Crippen LogP contribution is -2.35. The smallest absolute Gasteiger partial charge is 0.234 e. The minimum Gasteiger partial charge on any atom is -0.234 e. The van der Waals surface area contributed by atoms with Crippen molar-refractivity contribution in [3.05, 3.63) is 48.5 Å². The van der Waals surface area contributed by atoms with Crippen molar-refractivity contribution >= 4 is 0 Å². The third-order valence-corrected chi connectivity index (χ3v) is 5.13. The van der Waals surface area contributed by atoms with Crippen molar-refractivity contribution in [2.24, 2.45) is 0 Å². The van der Waals surface area contributed by atoms with Gasteiger partial charge in [0, 0.05) is 6.42 Å². The first kappa shape index (κ1) is 19.8. The van der Waals surface area contributed by atoms with Gasteiger partial charge in [-0.2, -0.15) is 4.57 Å². The standard InChI is InChI=1S/C23H37N2/c1-3-5-6-7-8-9-10-11-12-16-19-23-24(4-2)20-21-25(23)22-17-14-13-15-18-22/h13-15,17-18,20-21H,3-12,16,19H2,1-2H3/q+1. The molecule has 138 valence electrons. The average molecular weight is 342 g/mol. The van der Waals surface area contributed by atoms with Gasteiger partial charge in [-0.1, -0.05) is 82.9 Å². The van der Waals surface area contributed by atoms with E-state index in [1.165, 1.54) is 82.1 Å². The molecule has 0 aliphatic carbocycles. The molecule has 0 radical (unpaired) electrons. The molecule has 0 atom stereocenters. The monoisotopic (exact) mass is 341 g/mol. The number of aromatic nitrogens is 2. The summed E-state index contributed by atoms with van der Waals surface area (Å²) in [7, 11) is 0. The third kappa shape index (κ3) is 6.68. The van der Waals surface area contributed by atoms with Gasteiger partial charge in [-0.25, -0.2) is 4.57 Å². The highest BCUT2D eigenvalue weighted by molar-refractivity contribution is 5.31. The maximum Gasteiger partial charge on any atom is 0.261 e. The molecule has 1 aromatic heterocycles. The van der Waals surface area contributed by atoms with E-state index in [1.54, 1.807) is 0 Å². The largest absolute Gasteiger partial charge is 0.261 e. The Morgan fingerprint density at radius 2 is 1.36 bits per heavy atom. The van der Waals surface area contributed by atoms with Crippen molar-refractivity contribution in [3.63, 3.8) is 0 Å². The molecule has 1 aromatic carbocycles. The molecule has 2 nitrogen and oxygen atoms in total. The number of para-hydroxylation sites is 1. The zero-order valence-electron chi connectivity index (χ0n) is 16.4. The summed E-state index contributed by atoms with van der Waals surface area (Å²) in [5.41, 5.74) is 1.27. The maximum atomic E-state index is 2.39. The maximum absolute atomic E-state index is 2.39. The lowest BCUT2D eigenvalue weighted by molar-refractivity contribution is -0.700. The number of aryl methyl sites for hydroxylation is 1. The van der Waals surface area contributed by atoms with Crippen LogP contribution in [-0.2, 0) is 13.0 Å². The molecule has 0 saturated heterocycles. The summed E-state index contributed by atoms with van der Waals surface area (Å²) in [6, 6.07) is 10.7. The van der Waals surface area contributed by atoms with Crippen LogP contribution in [0.3, 0.4) is 0 Å². The molecular weight excluding hydrogens is 304 g/mol. The quantitative estimate of drug-likeness (QED) is 0.301. The lowest BCUT2D eigenvalue weighted by Gasteiger charge is -2.05.